The molecule has 2 spiro atoms. The zero-order valence-corrected chi connectivity index (χ0v) is 33.4. The van der Waals surface area contributed by atoms with E-state index < -0.39 is 11.1 Å². The molecule has 2 aliphatic carbocycles. The highest BCUT2D eigenvalue weighted by atomic mass is 16.5. The van der Waals surface area contributed by atoms with Gasteiger partial charge in [0.1, 0.15) is 64.4 Å². The number of aryl methyl sites for hydroxylation is 2. The van der Waals surface area contributed by atoms with Gasteiger partial charge in [-0.25, -0.2) is 19.9 Å². The molecular formula is C42H48N12O5. The van der Waals surface area contributed by atoms with Gasteiger partial charge >= 0.3 is 0 Å². The predicted molar refractivity (Wildman–Crippen MR) is 223 cm³/mol. The van der Waals surface area contributed by atoms with Crippen LogP contribution in [-0.2, 0) is 31.7 Å². The average molecular weight is 801 g/mol. The van der Waals surface area contributed by atoms with E-state index in [9.17, 15) is 19.2 Å². The van der Waals surface area contributed by atoms with E-state index in [1.54, 1.807) is 47.8 Å². The van der Waals surface area contributed by atoms with Gasteiger partial charge in [0.15, 0.2) is 0 Å². The number of hydrogen-bond acceptors (Lipinski definition) is 13. The second-order valence-electron chi connectivity index (χ2n) is 15.7. The molecule has 7 N–H and O–H groups in total. The first kappa shape index (κ1) is 39.1. The largest absolute Gasteiger partial charge is 0.497 e. The second-order valence-corrected chi connectivity index (χ2v) is 15.7. The Bertz CT molecular complexity index is 2560. The fourth-order valence-corrected chi connectivity index (χ4v) is 9.33. The lowest BCUT2D eigenvalue weighted by molar-refractivity contribution is 0.0381. The van der Waals surface area contributed by atoms with Crippen LogP contribution in [0.4, 0.5) is 34.6 Å². The number of nitrogen functional groups attached to an aromatic ring is 2. The summed E-state index contributed by atoms with van der Waals surface area (Å²) in [7, 11) is 5.21. The number of methoxy groups -OCH3 is 1. The van der Waals surface area contributed by atoms with Crippen LogP contribution in [0.1, 0.15) is 102 Å². The Morgan fingerprint density at radius 2 is 1.24 bits per heavy atom. The highest BCUT2D eigenvalue weighted by Crippen LogP contribution is 2.48. The van der Waals surface area contributed by atoms with Gasteiger partial charge in [-0.05, 0) is 43.4 Å². The van der Waals surface area contributed by atoms with Crippen LogP contribution >= 0.6 is 0 Å². The lowest BCUT2D eigenvalue weighted by atomic mass is 9.76. The molecule has 1 aromatic carbocycles. The topological polar surface area (TPSA) is 230 Å². The number of rotatable bonds is 7. The molecule has 2 saturated carbocycles. The lowest BCUT2D eigenvalue weighted by Crippen LogP contribution is -2.46. The number of nitrogens with two attached hydrogens (primary N) is 2. The minimum Gasteiger partial charge on any atom is -0.497 e. The van der Waals surface area contributed by atoms with Crippen LogP contribution in [0.2, 0.25) is 0 Å². The van der Waals surface area contributed by atoms with Crippen LogP contribution in [0.15, 0.2) is 71.0 Å². The number of amides is 2. The molecule has 2 aliphatic heterocycles. The fraction of sp³-hybridized carbons (Fsp3) is 0.381. The van der Waals surface area contributed by atoms with Gasteiger partial charge < -0.3 is 46.2 Å². The minimum atomic E-state index is -0.623. The van der Waals surface area contributed by atoms with Crippen LogP contribution in [0, 0.1) is 0 Å². The molecule has 17 heteroatoms. The fourth-order valence-electron chi connectivity index (χ4n) is 9.33. The summed E-state index contributed by atoms with van der Waals surface area (Å²) in [5.41, 5.74) is 13.8. The zero-order valence-electron chi connectivity index (χ0n) is 33.4. The van der Waals surface area contributed by atoms with Crippen molar-refractivity contribution in [3.05, 3.63) is 110 Å². The van der Waals surface area contributed by atoms with E-state index in [0.29, 0.717) is 63.7 Å². The Balaban J connectivity index is 0.000000172. The summed E-state index contributed by atoms with van der Waals surface area (Å²) < 4.78 is 8.74. The number of nitrogens with zero attached hydrogens (tertiary/aromatic N) is 7. The number of pyridine rings is 2. The molecule has 59 heavy (non-hydrogen) atoms. The van der Waals surface area contributed by atoms with E-state index in [2.05, 4.69) is 35.9 Å². The minimum absolute atomic E-state index is 0.106. The molecule has 4 aromatic heterocycles. The number of hydrogen-bond donors (Lipinski definition) is 5. The molecule has 4 aliphatic rings. The first-order valence-electron chi connectivity index (χ1n) is 19.9. The Morgan fingerprint density at radius 3 is 1.78 bits per heavy atom. The van der Waals surface area contributed by atoms with Crippen molar-refractivity contribution in [1.29, 1.82) is 0 Å². The van der Waals surface area contributed by atoms with E-state index in [-0.39, 0.29) is 22.7 Å². The van der Waals surface area contributed by atoms with Crippen molar-refractivity contribution in [2.45, 2.75) is 81.8 Å². The van der Waals surface area contributed by atoms with Crippen molar-refractivity contribution in [2.75, 3.05) is 29.2 Å². The normalized spacial score (nSPS) is 17.2. The Morgan fingerprint density at radius 1 is 0.712 bits per heavy atom. The van der Waals surface area contributed by atoms with Crippen molar-refractivity contribution in [3.8, 4) is 5.75 Å². The molecule has 2 fully saturated rings. The van der Waals surface area contributed by atoms with E-state index >= 15 is 0 Å². The maximum Gasteiger partial charge on any atom is 0.272 e. The third-order valence-corrected chi connectivity index (χ3v) is 12.0. The molecular weight excluding hydrogens is 753 g/mol. The molecule has 0 radical (unpaired) electrons. The Hall–Kier alpha value is -6.78. The van der Waals surface area contributed by atoms with Crippen molar-refractivity contribution < 1.29 is 14.3 Å². The standard InChI is InChI=1S/C25H28N6O3.C17H20N6O2/c1-30-14-18(29-20-12-19(26)27-15-28-20)23(32)21-22(30)24(33)31(25(21)10-4-3-5-11-25)13-16-6-8-17(34-2)9-7-16;1-23-8-10(21-12-7-11(18)19-9-20-12)15(24)13-14(23)16(25)22-17(13)5-3-2-4-6-17/h6-9,12,14-15H,3-5,10-11,13H2,1-2H3,(H3,26,27,28,29);7-9H,2-6H2,1H3,(H,22,25)(H3,18,19,20,21). The van der Waals surface area contributed by atoms with Crippen molar-refractivity contribution >= 4 is 46.5 Å². The van der Waals surface area contributed by atoms with E-state index in [0.717, 1.165) is 75.5 Å². The third kappa shape index (κ3) is 7.10. The van der Waals surface area contributed by atoms with Crippen LogP contribution in [-0.4, -0.2) is 52.9 Å². The van der Waals surface area contributed by atoms with Crippen LogP contribution in [0.25, 0.3) is 0 Å². The molecule has 0 saturated heterocycles. The van der Waals surface area contributed by atoms with Gasteiger partial charge in [0, 0.05) is 45.2 Å². The summed E-state index contributed by atoms with van der Waals surface area (Å²) in [6, 6.07) is 10.9. The van der Waals surface area contributed by atoms with Crippen LogP contribution in [0.3, 0.4) is 0 Å². The van der Waals surface area contributed by atoms with Gasteiger partial charge in [-0.1, -0.05) is 50.7 Å². The lowest BCUT2D eigenvalue weighted by Gasteiger charge is -2.41. The van der Waals surface area contributed by atoms with Gasteiger partial charge in [0.2, 0.25) is 10.9 Å². The molecule has 0 unspecified atom stereocenters. The first-order valence-corrected chi connectivity index (χ1v) is 19.9. The molecule has 9 rings (SSSR count). The summed E-state index contributed by atoms with van der Waals surface area (Å²) >= 11 is 0. The van der Waals surface area contributed by atoms with Crippen LogP contribution < -0.4 is 43.0 Å². The Kier molecular flexibility index (Phi) is 10.3. The quantitative estimate of drug-likeness (QED) is 0.150. The van der Waals surface area contributed by atoms with E-state index in [1.165, 1.54) is 12.7 Å². The summed E-state index contributed by atoms with van der Waals surface area (Å²) in [5.74, 6) is 1.98. The molecule has 2 amide bonds. The number of nitrogens with one attached hydrogen (secondary N) is 3. The number of anilines is 6. The van der Waals surface area contributed by atoms with Gasteiger partial charge in [0.05, 0.1) is 29.3 Å². The summed E-state index contributed by atoms with van der Waals surface area (Å²) in [6.45, 7) is 0.433. The number of fused-ring (bicyclic) bond motifs is 4. The van der Waals surface area contributed by atoms with Gasteiger partial charge in [-0.3, -0.25) is 19.2 Å². The molecule has 5 aromatic rings. The zero-order chi connectivity index (χ0) is 41.5. The van der Waals surface area contributed by atoms with Gasteiger partial charge in [-0.2, -0.15) is 0 Å². The summed E-state index contributed by atoms with van der Waals surface area (Å²) in [6.07, 6.45) is 15.3. The number of aromatic nitrogens is 6. The SMILES string of the molecule is COc1ccc(CN2C(=O)c3c(c(=O)c(Nc4cc(N)ncn4)cn3C)C23CCCCC3)cc1.Cn1cc(Nc2cc(N)ncn2)c(=O)c2c1C(=O)NC21CCCCC1. The van der Waals surface area contributed by atoms with Crippen molar-refractivity contribution in [1.82, 2.24) is 39.3 Å². The molecule has 17 nitrogen and oxygen atoms in total. The number of carbonyl (C=O) groups excluding carboxylic acids is 2. The number of carbonyl (C=O) groups is 2. The smallest absolute Gasteiger partial charge is 0.272 e. The summed E-state index contributed by atoms with van der Waals surface area (Å²) in [4.78, 5) is 71.2. The van der Waals surface area contributed by atoms with Gasteiger partial charge in [-0.15, -0.1) is 0 Å². The molecule has 306 valence electrons. The van der Waals surface area contributed by atoms with Crippen molar-refractivity contribution in [2.24, 2.45) is 14.1 Å². The van der Waals surface area contributed by atoms with E-state index in [4.69, 9.17) is 16.2 Å². The third-order valence-electron chi connectivity index (χ3n) is 12.0. The molecule has 0 bridgehead atoms. The summed E-state index contributed by atoms with van der Waals surface area (Å²) in [5, 5.41) is 9.19. The molecule has 6 heterocycles. The maximum atomic E-state index is 13.9. The van der Waals surface area contributed by atoms with Crippen LogP contribution in [0.5, 0.6) is 5.75 Å². The highest BCUT2D eigenvalue weighted by molar-refractivity contribution is 5.99. The average Bonchev–Trinajstić information content (AvgIpc) is 3.63. The van der Waals surface area contributed by atoms with Crippen molar-refractivity contribution in [3.63, 3.8) is 0 Å². The number of ether oxygens (including phenoxy) is 1. The highest BCUT2D eigenvalue weighted by Gasteiger charge is 2.53. The van der Waals surface area contributed by atoms with E-state index in [1.807, 2.05) is 36.2 Å². The number of benzene rings is 1. The first-order chi connectivity index (χ1) is 28.4. The second kappa shape index (κ2) is 15.5. The monoisotopic (exact) mass is 800 g/mol. The van der Waals surface area contributed by atoms with Gasteiger partial charge in [0.25, 0.3) is 11.8 Å². The Labute approximate surface area is 340 Å². The predicted octanol–water partition coefficient (Wildman–Crippen LogP) is 4.73. The maximum absolute atomic E-state index is 13.9. The molecule has 0 atom stereocenters.